The topological polar surface area (TPSA) is 114 Å². The molecule has 0 saturated carbocycles. The number of para-hydroxylation sites is 1. The minimum absolute atomic E-state index is 0.110. The number of amides is 1. The molecule has 0 spiro atoms. The fourth-order valence-electron chi connectivity index (χ4n) is 3.12. The van der Waals surface area contributed by atoms with Gasteiger partial charge in [0, 0.05) is 12.1 Å². The van der Waals surface area contributed by atoms with Crippen LogP contribution in [0, 0.1) is 0 Å². The first-order valence-electron chi connectivity index (χ1n) is 7.67. The Hall–Kier alpha value is -2.60. The molecule has 1 aromatic heterocycles. The van der Waals surface area contributed by atoms with E-state index in [1.54, 1.807) is 18.2 Å². The van der Waals surface area contributed by atoms with Gasteiger partial charge in [0.15, 0.2) is 0 Å². The van der Waals surface area contributed by atoms with E-state index in [0.29, 0.717) is 11.3 Å². The predicted octanol–water partition coefficient (Wildman–Crippen LogP) is 1.60. The molecule has 0 radical (unpaired) electrons. The molecule has 0 aliphatic carbocycles. The zero-order valence-electron chi connectivity index (χ0n) is 12.7. The molecule has 3 rings (SSSR count). The van der Waals surface area contributed by atoms with Crippen LogP contribution in [0.4, 0.5) is 5.82 Å². The normalized spacial score (nSPS) is 17.8. The van der Waals surface area contributed by atoms with Gasteiger partial charge in [0.1, 0.15) is 11.6 Å². The van der Waals surface area contributed by atoms with E-state index in [1.807, 2.05) is 12.1 Å². The standard InChI is InChI=1S/C17H20N4O2/c18-16-15(17(19)23)12(10-4-3-7-20-9-10)8-13(21-16)11-5-1-2-6-14(11)22/h1-2,5-6,8,10,20,22H,3-4,7,9H2,(H2,18,21)(H2,19,23). The smallest absolute Gasteiger partial charge is 0.252 e. The van der Waals surface area contributed by atoms with Crippen LogP contribution >= 0.6 is 0 Å². The van der Waals surface area contributed by atoms with E-state index in [0.717, 1.165) is 31.5 Å². The van der Waals surface area contributed by atoms with Gasteiger partial charge in [-0.15, -0.1) is 0 Å². The Morgan fingerprint density at radius 1 is 1.35 bits per heavy atom. The third-order valence-electron chi connectivity index (χ3n) is 4.24. The number of nitrogens with two attached hydrogens (primary N) is 2. The lowest BCUT2D eigenvalue weighted by molar-refractivity contribution is 0.0999. The number of nitrogens with zero attached hydrogens (tertiary/aromatic N) is 1. The lowest BCUT2D eigenvalue weighted by Gasteiger charge is -2.25. The van der Waals surface area contributed by atoms with Gasteiger partial charge in [-0.25, -0.2) is 4.98 Å². The van der Waals surface area contributed by atoms with Gasteiger partial charge < -0.3 is 21.9 Å². The van der Waals surface area contributed by atoms with E-state index in [1.165, 1.54) is 0 Å². The molecule has 2 heterocycles. The van der Waals surface area contributed by atoms with E-state index in [4.69, 9.17) is 11.5 Å². The molecule has 120 valence electrons. The van der Waals surface area contributed by atoms with Crippen LogP contribution in [0.15, 0.2) is 30.3 Å². The monoisotopic (exact) mass is 312 g/mol. The SMILES string of the molecule is NC(=O)c1c(C2CCCNC2)cc(-c2ccccc2O)nc1N. The lowest BCUT2D eigenvalue weighted by Crippen LogP contribution is -2.30. The highest BCUT2D eigenvalue weighted by Crippen LogP contribution is 2.34. The first kappa shape index (κ1) is 15.3. The number of benzene rings is 1. The average Bonchev–Trinajstić information content (AvgIpc) is 2.55. The largest absolute Gasteiger partial charge is 0.507 e. The number of nitrogens with one attached hydrogen (secondary N) is 1. The van der Waals surface area contributed by atoms with Crippen molar-refractivity contribution in [2.45, 2.75) is 18.8 Å². The molecule has 1 unspecified atom stereocenters. The van der Waals surface area contributed by atoms with Gasteiger partial charge in [-0.1, -0.05) is 12.1 Å². The second-order valence-electron chi connectivity index (χ2n) is 5.78. The summed E-state index contributed by atoms with van der Waals surface area (Å²) >= 11 is 0. The minimum atomic E-state index is -0.570. The summed E-state index contributed by atoms with van der Waals surface area (Å²) in [5.74, 6) is -0.182. The van der Waals surface area contributed by atoms with Gasteiger partial charge >= 0.3 is 0 Å². The molecule has 23 heavy (non-hydrogen) atoms. The molecule has 2 aromatic rings. The molecule has 1 amide bonds. The Morgan fingerprint density at radius 2 is 2.13 bits per heavy atom. The van der Waals surface area contributed by atoms with Crippen molar-refractivity contribution in [2.24, 2.45) is 5.73 Å². The summed E-state index contributed by atoms with van der Waals surface area (Å²) in [6.45, 7) is 1.74. The van der Waals surface area contributed by atoms with Crippen molar-refractivity contribution in [1.82, 2.24) is 10.3 Å². The summed E-state index contributed by atoms with van der Waals surface area (Å²) < 4.78 is 0. The number of primary amides is 1. The van der Waals surface area contributed by atoms with Crippen molar-refractivity contribution in [1.29, 1.82) is 0 Å². The van der Waals surface area contributed by atoms with Crippen LogP contribution in [-0.2, 0) is 0 Å². The Balaban J connectivity index is 2.15. The Labute approximate surface area is 134 Å². The van der Waals surface area contributed by atoms with Crippen molar-refractivity contribution < 1.29 is 9.90 Å². The number of anilines is 1. The number of hydrogen-bond acceptors (Lipinski definition) is 5. The van der Waals surface area contributed by atoms with Gasteiger partial charge in [-0.05, 0) is 49.1 Å². The van der Waals surface area contributed by atoms with E-state index in [2.05, 4.69) is 10.3 Å². The summed E-state index contributed by atoms with van der Waals surface area (Å²) in [4.78, 5) is 16.1. The Bertz CT molecular complexity index is 739. The van der Waals surface area contributed by atoms with Crippen LogP contribution in [0.2, 0.25) is 0 Å². The summed E-state index contributed by atoms with van der Waals surface area (Å²) in [7, 11) is 0. The quantitative estimate of drug-likeness (QED) is 0.687. The maximum Gasteiger partial charge on any atom is 0.252 e. The maximum absolute atomic E-state index is 11.8. The predicted molar refractivity (Wildman–Crippen MR) is 89.1 cm³/mol. The molecule has 1 aliphatic rings. The van der Waals surface area contributed by atoms with E-state index in [-0.39, 0.29) is 23.0 Å². The van der Waals surface area contributed by atoms with E-state index in [9.17, 15) is 9.90 Å². The number of phenols is 1. The zero-order chi connectivity index (χ0) is 16.4. The van der Waals surface area contributed by atoms with Crippen LogP contribution in [0.1, 0.15) is 34.7 Å². The van der Waals surface area contributed by atoms with Crippen molar-refractivity contribution in [2.75, 3.05) is 18.8 Å². The fourth-order valence-corrected chi connectivity index (χ4v) is 3.12. The summed E-state index contributed by atoms with van der Waals surface area (Å²) in [5, 5.41) is 13.4. The highest BCUT2D eigenvalue weighted by atomic mass is 16.3. The van der Waals surface area contributed by atoms with Gasteiger partial charge in [-0.3, -0.25) is 4.79 Å². The highest BCUT2D eigenvalue weighted by Gasteiger charge is 2.24. The number of phenolic OH excluding ortho intramolecular Hbond substituents is 1. The van der Waals surface area contributed by atoms with Crippen molar-refractivity contribution in [3.8, 4) is 17.0 Å². The Morgan fingerprint density at radius 3 is 2.78 bits per heavy atom. The second-order valence-corrected chi connectivity index (χ2v) is 5.78. The molecule has 1 atom stereocenters. The fraction of sp³-hybridized carbons (Fsp3) is 0.294. The average molecular weight is 312 g/mol. The summed E-state index contributed by atoms with van der Waals surface area (Å²) in [6, 6.07) is 8.74. The number of rotatable bonds is 3. The van der Waals surface area contributed by atoms with Crippen LogP contribution in [0.25, 0.3) is 11.3 Å². The zero-order valence-corrected chi connectivity index (χ0v) is 12.7. The number of aromatic nitrogens is 1. The maximum atomic E-state index is 11.8. The highest BCUT2D eigenvalue weighted by molar-refractivity contribution is 5.99. The first-order chi connectivity index (χ1) is 11.1. The van der Waals surface area contributed by atoms with Gasteiger partial charge in [0.25, 0.3) is 5.91 Å². The number of carbonyl (C=O) groups excluding carboxylic acids is 1. The van der Waals surface area contributed by atoms with Crippen molar-refractivity contribution in [3.63, 3.8) is 0 Å². The molecule has 1 aromatic carbocycles. The number of piperidine rings is 1. The lowest BCUT2D eigenvalue weighted by atomic mass is 9.87. The first-order valence-corrected chi connectivity index (χ1v) is 7.67. The van der Waals surface area contributed by atoms with Gasteiger partial charge in [0.2, 0.25) is 0 Å². The second kappa shape index (κ2) is 6.26. The molecular weight excluding hydrogens is 292 g/mol. The van der Waals surface area contributed by atoms with Gasteiger partial charge in [-0.2, -0.15) is 0 Å². The number of carbonyl (C=O) groups is 1. The van der Waals surface area contributed by atoms with Crippen molar-refractivity contribution >= 4 is 11.7 Å². The molecule has 6 heteroatoms. The van der Waals surface area contributed by atoms with E-state index >= 15 is 0 Å². The molecule has 0 bridgehead atoms. The Kier molecular flexibility index (Phi) is 4.16. The summed E-state index contributed by atoms with van der Waals surface area (Å²) in [6.07, 6.45) is 1.98. The van der Waals surface area contributed by atoms with Crippen LogP contribution in [0.3, 0.4) is 0 Å². The molecular formula is C17H20N4O2. The molecule has 6 nitrogen and oxygen atoms in total. The van der Waals surface area contributed by atoms with Crippen LogP contribution in [-0.4, -0.2) is 29.1 Å². The van der Waals surface area contributed by atoms with E-state index < -0.39 is 5.91 Å². The van der Waals surface area contributed by atoms with Crippen molar-refractivity contribution in [3.05, 3.63) is 41.5 Å². The molecule has 1 fully saturated rings. The molecule has 1 aliphatic heterocycles. The molecule has 6 N–H and O–H groups in total. The number of nitrogen functional groups attached to an aromatic ring is 1. The molecule has 1 saturated heterocycles. The van der Waals surface area contributed by atoms with Crippen LogP contribution in [0.5, 0.6) is 5.75 Å². The number of hydrogen-bond donors (Lipinski definition) is 4. The van der Waals surface area contributed by atoms with Crippen LogP contribution < -0.4 is 16.8 Å². The number of aromatic hydroxyl groups is 1. The third kappa shape index (κ3) is 2.98. The summed E-state index contributed by atoms with van der Waals surface area (Å²) in [5.41, 5.74) is 13.7. The third-order valence-corrected chi connectivity index (χ3v) is 4.24. The minimum Gasteiger partial charge on any atom is -0.507 e. The van der Waals surface area contributed by atoms with Gasteiger partial charge in [0.05, 0.1) is 11.3 Å². The number of pyridine rings is 1.